The van der Waals surface area contributed by atoms with Crippen LogP contribution in [0.2, 0.25) is 0 Å². The Balaban J connectivity index is 0.00000100. The third-order valence-electron chi connectivity index (χ3n) is 10.7. The second-order valence-corrected chi connectivity index (χ2v) is 15.4. The minimum absolute atomic E-state index is 0. The Kier molecular flexibility index (Phi) is 37.9. The Morgan fingerprint density at radius 1 is 0.396 bits per heavy atom. The van der Waals surface area contributed by atoms with Crippen LogP contribution in [0.15, 0.2) is 60.7 Å². The van der Waals surface area contributed by atoms with E-state index in [-0.39, 0.29) is 50.6 Å². The normalized spacial score (nSPS) is 12.0. The predicted octanol–water partition coefficient (Wildman–Crippen LogP) is 12.4. The largest absolute Gasteiger partial charge is 2.00 e. The molecule has 0 radical (unpaired) electrons. The molecule has 0 N–H and O–H groups in total. The Hall–Kier alpha value is -1.36. The summed E-state index contributed by atoms with van der Waals surface area (Å²) in [5.74, 6) is -0.375. The number of unbranched alkanes of at least 4 members (excludes halogenated alkanes) is 20. The molecule has 0 aromatic heterocycles. The molecule has 0 aliphatic carbocycles. The van der Waals surface area contributed by atoms with Crippen molar-refractivity contribution in [3.8, 4) is 0 Å². The number of carboxylic acids is 2. The first kappa shape index (κ1) is 51.6. The Labute approximate surface area is 357 Å². The Bertz CT molecular complexity index is 974. The average Bonchev–Trinajstić information content (AvgIpc) is 3.15. The van der Waals surface area contributed by atoms with Crippen molar-refractivity contribution >= 4 is 49.7 Å². The summed E-state index contributed by atoms with van der Waals surface area (Å²) >= 11 is 0. The summed E-state index contributed by atoms with van der Waals surface area (Å²) in [6.07, 6.45) is 35.5. The molecule has 53 heavy (non-hydrogen) atoms. The molecule has 0 bridgehead atoms. The quantitative estimate of drug-likeness (QED) is 0.0526. The molecule has 0 spiro atoms. The minimum Gasteiger partial charge on any atom is -0.550 e. The molecule has 2 atom stereocenters. The maximum absolute atomic E-state index is 10.4. The van der Waals surface area contributed by atoms with Gasteiger partial charge < -0.3 is 19.8 Å². The van der Waals surface area contributed by atoms with Crippen LogP contribution < -0.4 is 10.2 Å². The zero-order valence-corrected chi connectivity index (χ0v) is 36.7. The molecular formula is C48H78CaO4. The fourth-order valence-electron chi connectivity index (χ4n) is 7.48. The van der Waals surface area contributed by atoms with Crippen LogP contribution in [0.5, 0.6) is 0 Å². The molecule has 0 heterocycles. The number of carboxylic acid groups (broad SMARTS) is 2. The standard InChI is InChI=1S/2C24H40O2.Ca/c2*1-2-3-4-8-12-17-22(23-19-14-11-15-20-23)18-13-9-6-5-7-10-16-21-24(25)26;/h2*11,14-15,19-20,22H,2-10,12-13,16-18,21H2,1H3,(H,25,26);/q;;+2/p-2. The van der Waals surface area contributed by atoms with Gasteiger partial charge in [0.15, 0.2) is 0 Å². The third-order valence-corrected chi connectivity index (χ3v) is 10.7. The van der Waals surface area contributed by atoms with E-state index in [9.17, 15) is 19.8 Å². The van der Waals surface area contributed by atoms with Crippen LogP contribution in [-0.2, 0) is 9.59 Å². The Morgan fingerprint density at radius 2 is 0.642 bits per heavy atom. The van der Waals surface area contributed by atoms with E-state index in [0.29, 0.717) is 0 Å². The topological polar surface area (TPSA) is 80.3 Å². The van der Waals surface area contributed by atoms with Crippen molar-refractivity contribution < 1.29 is 19.8 Å². The van der Waals surface area contributed by atoms with Crippen LogP contribution in [0.25, 0.3) is 0 Å². The van der Waals surface area contributed by atoms with Gasteiger partial charge in [-0.05, 0) is 74.3 Å². The summed E-state index contributed by atoms with van der Waals surface area (Å²) in [6.45, 7) is 4.55. The third kappa shape index (κ3) is 32.6. The SMILES string of the molecule is CCCCCCCC(CCCCCCCCCC(=O)[O-])c1ccccc1.CCCCCCCC(CCCCCCCCCC(=O)[O-])c1ccccc1.[Ca+2]. The van der Waals surface area contributed by atoms with Crippen molar-refractivity contribution in [1.82, 2.24) is 0 Å². The number of carbonyl (C=O) groups excluding carboxylic acids is 2. The van der Waals surface area contributed by atoms with Crippen LogP contribution in [0.1, 0.15) is 229 Å². The van der Waals surface area contributed by atoms with Gasteiger partial charge in [0.1, 0.15) is 0 Å². The minimum atomic E-state index is -0.911. The number of carbonyl (C=O) groups is 2. The van der Waals surface area contributed by atoms with Gasteiger partial charge in [-0.2, -0.15) is 0 Å². The van der Waals surface area contributed by atoms with Crippen molar-refractivity contribution in [3.05, 3.63) is 71.8 Å². The first-order chi connectivity index (χ1) is 25.5. The molecule has 0 amide bonds. The number of aliphatic carboxylic acids is 2. The van der Waals surface area contributed by atoms with Gasteiger partial charge in [0.25, 0.3) is 0 Å². The fraction of sp³-hybridized carbons (Fsp3) is 0.708. The van der Waals surface area contributed by atoms with Gasteiger partial charge in [0.05, 0.1) is 0 Å². The monoisotopic (exact) mass is 759 g/mol. The van der Waals surface area contributed by atoms with E-state index >= 15 is 0 Å². The van der Waals surface area contributed by atoms with Gasteiger partial charge >= 0.3 is 37.7 Å². The number of hydrogen-bond acceptors (Lipinski definition) is 4. The molecule has 5 heteroatoms. The van der Waals surface area contributed by atoms with Crippen LogP contribution in [-0.4, -0.2) is 49.7 Å². The van der Waals surface area contributed by atoms with Gasteiger partial charge in [-0.15, -0.1) is 0 Å². The predicted molar refractivity (Wildman–Crippen MR) is 224 cm³/mol. The molecule has 2 unspecified atom stereocenters. The molecular weight excluding hydrogens is 681 g/mol. The molecule has 2 aromatic carbocycles. The smallest absolute Gasteiger partial charge is 0.550 e. The molecule has 0 aliphatic heterocycles. The van der Waals surface area contributed by atoms with E-state index in [2.05, 4.69) is 74.5 Å². The van der Waals surface area contributed by atoms with Crippen molar-refractivity contribution in [1.29, 1.82) is 0 Å². The second-order valence-electron chi connectivity index (χ2n) is 15.4. The molecule has 0 aliphatic rings. The van der Waals surface area contributed by atoms with Crippen LogP contribution in [0.3, 0.4) is 0 Å². The summed E-state index contributed by atoms with van der Waals surface area (Å²) in [5.41, 5.74) is 3.04. The zero-order valence-electron chi connectivity index (χ0n) is 34.5. The maximum Gasteiger partial charge on any atom is 2.00 e. The average molecular weight is 759 g/mol. The fourth-order valence-corrected chi connectivity index (χ4v) is 7.48. The Morgan fingerprint density at radius 3 is 0.906 bits per heavy atom. The van der Waals surface area contributed by atoms with Gasteiger partial charge in [-0.1, -0.05) is 216 Å². The van der Waals surface area contributed by atoms with Crippen molar-refractivity contribution in [3.63, 3.8) is 0 Å². The summed E-state index contributed by atoms with van der Waals surface area (Å²) < 4.78 is 0. The van der Waals surface area contributed by atoms with E-state index < -0.39 is 11.9 Å². The van der Waals surface area contributed by atoms with E-state index in [0.717, 1.165) is 50.4 Å². The first-order valence-corrected chi connectivity index (χ1v) is 22.0. The van der Waals surface area contributed by atoms with Gasteiger partial charge in [-0.25, -0.2) is 0 Å². The maximum atomic E-state index is 10.4. The number of hydrogen-bond donors (Lipinski definition) is 0. The molecule has 296 valence electrons. The molecule has 0 saturated heterocycles. The van der Waals surface area contributed by atoms with E-state index in [1.807, 2.05) is 0 Å². The van der Waals surface area contributed by atoms with Crippen LogP contribution in [0.4, 0.5) is 0 Å². The summed E-state index contributed by atoms with van der Waals surface area (Å²) in [7, 11) is 0. The van der Waals surface area contributed by atoms with Crippen molar-refractivity contribution in [2.24, 2.45) is 0 Å². The molecule has 2 rings (SSSR count). The molecule has 2 aromatic rings. The van der Waals surface area contributed by atoms with E-state index in [1.165, 1.54) is 152 Å². The zero-order chi connectivity index (χ0) is 37.7. The number of rotatable bonds is 34. The summed E-state index contributed by atoms with van der Waals surface area (Å²) in [6, 6.07) is 22.1. The first-order valence-electron chi connectivity index (χ1n) is 22.0. The van der Waals surface area contributed by atoms with Crippen LogP contribution >= 0.6 is 0 Å². The van der Waals surface area contributed by atoms with E-state index in [1.54, 1.807) is 0 Å². The van der Waals surface area contributed by atoms with Crippen molar-refractivity contribution in [2.75, 3.05) is 0 Å². The van der Waals surface area contributed by atoms with Crippen molar-refractivity contribution in [2.45, 2.75) is 218 Å². The van der Waals surface area contributed by atoms with E-state index in [4.69, 9.17) is 0 Å². The number of benzene rings is 2. The molecule has 0 saturated carbocycles. The molecule has 4 nitrogen and oxygen atoms in total. The van der Waals surface area contributed by atoms with Gasteiger partial charge in [-0.3, -0.25) is 0 Å². The van der Waals surface area contributed by atoms with Gasteiger partial charge in [0.2, 0.25) is 0 Å². The van der Waals surface area contributed by atoms with Gasteiger partial charge in [0, 0.05) is 11.9 Å². The summed E-state index contributed by atoms with van der Waals surface area (Å²) in [5, 5.41) is 20.7. The van der Waals surface area contributed by atoms with Crippen LogP contribution in [0, 0.1) is 0 Å². The second kappa shape index (κ2) is 38.9. The molecule has 0 fully saturated rings. The summed E-state index contributed by atoms with van der Waals surface area (Å²) in [4.78, 5) is 20.7.